The summed E-state index contributed by atoms with van der Waals surface area (Å²) in [5, 5.41) is 3.29. The van der Waals surface area contributed by atoms with Crippen molar-refractivity contribution in [3.05, 3.63) is 53.4 Å². The largest absolute Gasteiger partial charge is 0.364 e. The molecule has 0 aromatic heterocycles. The maximum atomic E-state index is 3.29. The molecule has 1 aliphatic carbocycles. The Morgan fingerprint density at radius 1 is 1.23 bits per heavy atom. The first-order chi connectivity index (χ1) is 6.31. The van der Waals surface area contributed by atoms with Crippen molar-refractivity contribution in [1.82, 2.24) is 5.32 Å². The van der Waals surface area contributed by atoms with E-state index in [4.69, 9.17) is 0 Å². The zero-order valence-electron chi connectivity index (χ0n) is 7.54. The third-order valence-corrected chi connectivity index (χ3v) is 3.04. The molecule has 0 bridgehead atoms. The standard InChI is InChI=1S/C12H11N/c1-12-6-7-13-11(12)8-9-4-2-3-5-10(9)12/h2-8,13H,1H3. The number of allylic oxidation sites excluding steroid dienone is 1. The summed E-state index contributed by atoms with van der Waals surface area (Å²) in [6.45, 7) is 2.25. The Bertz CT molecular complexity index is 429. The van der Waals surface area contributed by atoms with E-state index >= 15 is 0 Å². The van der Waals surface area contributed by atoms with Crippen LogP contribution in [0.15, 0.2) is 42.2 Å². The first kappa shape index (κ1) is 6.96. The van der Waals surface area contributed by atoms with Crippen LogP contribution in [-0.2, 0) is 5.41 Å². The number of fused-ring (bicyclic) bond motifs is 3. The van der Waals surface area contributed by atoms with Gasteiger partial charge in [-0.1, -0.05) is 30.3 Å². The molecule has 1 unspecified atom stereocenters. The van der Waals surface area contributed by atoms with Crippen LogP contribution in [0.5, 0.6) is 0 Å². The van der Waals surface area contributed by atoms with E-state index in [2.05, 4.69) is 48.7 Å². The van der Waals surface area contributed by atoms with Gasteiger partial charge < -0.3 is 5.32 Å². The van der Waals surface area contributed by atoms with Gasteiger partial charge in [0.25, 0.3) is 0 Å². The molecule has 0 saturated carbocycles. The topological polar surface area (TPSA) is 12.0 Å². The second kappa shape index (κ2) is 2.05. The number of benzene rings is 1. The average Bonchev–Trinajstić information content (AvgIpc) is 2.60. The summed E-state index contributed by atoms with van der Waals surface area (Å²) in [5.74, 6) is 0. The van der Waals surface area contributed by atoms with Gasteiger partial charge in [0, 0.05) is 5.70 Å². The number of hydrogen-bond donors (Lipinski definition) is 1. The highest BCUT2D eigenvalue weighted by atomic mass is 14.9. The Morgan fingerprint density at radius 2 is 2.08 bits per heavy atom. The molecule has 0 amide bonds. The first-order valence-corrected chi connectivity index (χ1v) is 4.57. The van der Waals surface area contributed by atoms with Crippen LogP contribution in [0.4, 0.5) is 0 Å². The van der Waals surface area contributed by atoms with Crippen LogP contribution in [0.3, 0.4) is 0 Å². The fourth-order valence-corrected chi connectivity index (χ4v) is 2.22. The second-order valence-electron chi connectivity index (χ2n) is 3.83. The smallest absolute Gasteiger partial charge is 0.0527 e. The summed E-state index contributed by atoms with van der Waals surface area (Å²) in [7, 11) is 0. The van der Waals surface area contributed by atoms with Gasteiger partial charge in [0.1, 0.15) is 0 Å². The van der Waals surface area contributed by atoms with Crippen LogP contribution >= 0.6 is 0 Å². The van der Waals surface area contributed by atoms with Crippen molar-refractivity contribution < 1.29 is 0 Å². The second-order valence-corrected chi connectivity index (χ2v) is 3.83. The van der Waals surface area contributed by atoms with Gasteiger partial charge in [-0.05, 0) is 30.3 Å². The van der Waals surface area contributed by atoms with Crippen LogP contribution in [0.25, 0.3) is 6.08 Å². The minimum Gasteiger partial charge on any atom is -0.364 e. The Hall–Kier alpha value is -1.50. The number of hydrogen-bond acceptors (Lipinski definition) is 1. The van der Waals surface area contributed by atoms with Crippen molar-refractivity contribution in [2.24, 2.45) is 0 Å². The lowest BCUT2D eigenvalue weighted by Crippen LogP contribution is -2.19. The number of nitrogens with one attached hydrogen (secondary N) is 1. The van der Waals surface area contributed by atoms with Gasteiger partial charge in [0.05, 0.1) is 5.41 Å². The summed E-state index contributed by atoms with van der Waals surface area (Å²) in [6.07, 6.45) is 6.49. The third kappa shape index (κ3) is 0.718. The van der Waals surface area contributed by atoms with Gasteiger partial charge in [-0.15, -0.1) is 0 Å². The van der Waals surface area contributed by atoms with Crippen molar-refractivity contribution in [3.8, 4) is 0 Å². The van der Waals surface area contributed by atoms with Crippen LogP contribution in [0.2, 0.25) is 0 Å². The van der Waals surface area contributed by atoms with Crippen LogP contribution in [0, 0.1) is 0 Å². The first-order valence-electron chi connectivity index (χ1n) is 4.57. The molecule has 1 atom stereocenters. The molecule has 64 valence electrons. The quantitative estimate of drug-likeness (QED) is 0.629. The van der Waals surface area contributed by atoms with Crippen LogP contribution in [-0.4, -0.2) is 0 Å². The van der Waals surface area contributed by atoms with E-state index in [9.17, 15) is 0 Å². The van der Waals surface area contributed by atoms with Crippen LogP contribution in [0.1, 0.15) is 18.1 Å². The highest BCUT2D eigenvalue weighted by molar-refractivity contribution is 5.71. The van der Waals surface area contributed by atoms with Gasteiger partial charge in [-0.25, -0.2) is 0 Å². The lowest BCUT2D eigenvalue weighted by atomic mass is 9.84. The molecular weight excluding hydrogens is 158 g/mol. The van der Waals surface area contributed by atoms with E-state index in [0.29, 0.717) is 0 Å². The zero-order chi connectivity index (χ0) is 8.89. The van der Waals surface area contributed by atoms with Gasteiger partial charge >= 0.3 is 0 Å². The van der Waals surface area contributed by atoms with E-state index in [-0.39, 0.29) is 5.41 Å². The van der Waals surface area contributed by atoms with Crippen molar-refractivity contribution in [2.75, 3.05) is 0 Å². The Labute approximate surface area is 77.8 Å². The van der Waals surface area contributed by atoms with E-state index < -0.39 is 0 Å². The minimum atomic E-state index is 0.108. The molecule has 1 aromatic carbocycles. The minimum absolute atomic E-state index is 0.108. The normalized spacial score (nSPS) is 27.9. The van der Waals surface area contributed by atoms with Gasteiger partial charge in [0.2, 0.25) is 0 Å². The van der Waals surface area contributed by atoms with Crippen LogP contribution < -0.4 is 5.32 Å². The lowest BCUT2D eigenvalue weighted by molar-refractivity contribution is 0.720. The van der Waals surface area contributed by atoms with E-state index in [1.807, 2.05) is 6.20 Å². The molecule has 2 aliphatic rings. The molecule has 13 heavy (non-hydrogen) atoms. The number of rotatable bonds is 0. The highest BCUT2D eigenvalue weighted by Crippen LogP contribution is 2.43. The van der Waals surface area contributed by atoms with E-state index in [0.717, 1.165) is 0 Å². The molecule has 0 saturated heterocycles. The molecule has 1 aromatic rings. The fraction of sp³-hybridized carbons (Fsp3) is 0.167. The Balaban J connectivity index is 2.30. The fourth-order valence-electron chi connectivity index (χ4n) is 2.22. The summed E-state index contributed by atoms with van der Waals surface area (Å²) in [6, 6.07) is 8.56. The summed E-state index contributed by atoms with van der Waals surface area (Å²) in [4.78, 5) is 0. The van der Waals surface area contributed by atoms with Gasteiger partial charge in [-0.2, -0.15) is 0 Å². The predicted octanol–water partition coefficient (Wildman–Crippen LogP) is 2.42. The molecule has 1 nitrogen and oxygen atoms in total. The molecule has 3 rings (SSSR count). The summed E-state index contributed by atoms with van der Waals surface area (Å²) >= 11 is 0. The monoisotopic (exact) mass is 169 g/mol. The van der Waals surface area contributed by atoms with Gasteiger partial charge in [0.15, 0.2) is 0 Å². The third-order valence-electron chi connectivity index (χ3n) is 3.04. The molecule has 0 spiro atoms. The van der Waals surface area contributed by atoms with E-state index in [1.165, 1.54) is 16.8 Å². The Kier molecular flexibility index (Phi) is 1.10. The van der Waals surface area contributed by atoms with E-state index in [1.54, 1.807) is 0 Å². The lowest BCUT2D eigenvalue weighted by Gasteiger charge is -2.20. The molecule has 1 aliphatic heterocycles. The van der Waals surface area contributed by atoms with Gasteiger partial charge in [-0.3, -0.25) is 0 Å². The SMILES string of the molecule is CC12C=CNC1=Cc1ccccc12. The molecule has 0 fully saturated rings. The summed E-state index contributed by atoms with van der Waals surface area (Å²) < 4.78 is 0. The zero-order valence-corrected chi connectivity index (χ0v) is 7.54. The van der Waals surface area contributed by atoms with Crippen molar-refractivity contribution in [1.29, 1.82) is 0 Å². The van der Waals surface area contributed by atoms with Crippen molar-refractivity contribution in [2.45, 2.75) is 12.3 Å². The highest BCUT2D eigenvalue weighted by Gasteiger charge is 2.37. The molecule has 1 heterocycles. The molecular formula is C12H11N. The van der Waals surface area contributed by atoms with Crippen molar-refractivity contribution in [3.63, 3.8) is 0 Å². The molecule has 1 N–H and O–H groups in total. The summed E-state index contributed by atoms with van der Waals surface area (Å²) in [5.41, 5.74) is 4.16. The molecule has 1 heteroatoms. The van der Waals surface area contributed by atoms with Crippen molar-refractivity contribution >= 4 is 6.08 Å². The molecule has 0 radical (unpaired) electrons. The predicted molar refractivity (Wildman–Crippen MR) is 54.0 cm³/mol. The average molecular weight is 169 g/mol. The maximum absolute atomic E-state index is 3.29. The Morgan fingerprint density at radius 3 is 3.00 bits per heavy atom. The maximum Gasteiger partial charge on any atom is 0.0527 e.